The van der Waals surface area contributed by atoms with E-state index in [0.29, 0.717) is 11.8 Å². The highest BCUT2D eigenvalue weighted by atomic mass is 32.1. The van der Waals surface area contributed by atoms with Crippen LogP contribution in [0.4, 0.5) is 0 Å². The fourth-order valence-corrected chi connectivity index (χ4v) is 2.69. The molecule has 2 rings (SSSR count). The van der Waals surface area contributed by atoms with Gasteiger partial charge in [-0.25, -0.2) is 0 Å². The summed E-state index contributed by atoms with van der Waals surface area (Å²) >= 11 is 1.58. The van der Waals surface area contributed by atoms with Crippen molar-refractivity contribution < 1.29 is 0 Å². The first kappa shape index (κ1) is 10.6. The van der Waals surface area contributed by atoms with Crippen LogP contribution in [0.15, 0.2) is 12.3 Å². The van der Waals surface area contributed by atoms with Crippen LogP contribution in [0.2, 0.25) is 0 Å². The second-order valence-electron chi connectivity index (χ2n) is 4.45. The van der Waals surface area contributed by atoms with Crippen molar-refractivity contribution in [1.82, 2.24) is 9.36 Å². The van der Waals surface area contributed by atoms with E-state index >= 15 is 0 Å². The molecule has 0 spiro atoms. The summed E-state index contributed by atoms with van der Waals surface area (Å²) < 4.78 is 5.80. The Hall–Kier alpha value is -0.960. The van der Waals surface area contributed by atoms with E-state index in [2.05, 4.69) is 43.1 Å². The molecule has 0 atom stereocenters. The topological polar surface area (TPSA) is 25.8 Å². The molecule has 0 aliphatic heterocycles. The third-order valence-electron chi connectivity index (χ3n) is 2.53. The van der Waals surface area contributed by atoms with Gasteiger partial charge in [-0.05, 0) is 29.4 Å². The van der Waals surface area contributed by atoms with E-state index in [9.17, 15) is 0 Å². The molecule has 3 heteroatoms. The summed E-state index contributed by atoms with van der Waals surface area (Å²) in [5.74, 6) is 0.933. The predicted molar refractivity (Wildman–Crippen MR) is 65.6 cm³/mol. The van der Waals surface area contributed by atoms with Crippen molar-refractivity contribution in [1.29, 1.82) is 0 Å². The number of pyridine rings is 1. The molecule has 2 aromatic heterocycles. The maximum atomic E-state index is 4.54. The van der Waals surface area contributed by atoms with Crippen molar-refractivity contribution in [3.05, 3.63) is 23.7 Å². The highest BCUT2D eigenvalue weighted by Crippen LogP contribution is 2.32. The zero-order valence-electron chi connectivity index (χ0n) is 9.61. The Bertz CT molecular complexity index is 471. The minimum Gasteiger partial charge on any atom is -0.260 e. The molecule has 80 valence electrons. The van der Waals surface area contributed by atoms with Gasteiger partial charge < -0.3 is 0 Å². The zero-order chi connectivity index (χ0) is 11.0. The minimum atomic E-state index is 0.461. The number of aromatic nitrogens is 2. The molecule has 0 amide bonds. The van der Waals surface area contributed by atoms with Gasteiger partial charge in [-0.1, -0.05) is 27.7 Å². The van der Waals surface area contributed by atoms with Crippen LogP contribution in [-0.4, -0.2) is 9.36 Å². The SMILES string of the molecule is CC(C)c1nccc2snc(C(C)C)c12. The summed E-state index contributed by atoms with van der Waals surface area (Å²) in [6, 6.07) is 2.06. The monoisotopic (exact) mass is 220 g/mol. The Morgan fingerprint density at radius 1 is 1.07 bits per heavy atom. The van der Waals surface area contributed by atoms with E-state index in [-0.39, 0.29) is 0 Å². The molecule has 0 unspecified atom stereocenters. The van der Waals surface area contributed by atoms with Crippen LogP contribution in [0.1, 0.15) is 50.9 Å². The van der Waals surface area contributed by atoms with Gasteiger partial charge >= 0.3 is 0 Å². The van der Waals surface area contributed by atoms with Gasteiger partial charge in [0.05, 0.1) is 16.1 Å². The van der Waals surface area contributed by atoms with Crippen LogP contribution in [-0.2, 0) is 0 Å². The summed E-state index contributed by atoms with van der Waals surface area (Å²) in [6.07, 6.45) is 1.89. The number of hydrogen-bond donors (Lipinski definition) is 0. The van der Waals surface area contributed by atoms with Crippen LogP contribution < -0.4 is 0 Å². The fourth-order valence-electron chi connectivity index (χ4n) is 1.77. The van der Waals surface area contributed by atoms with E-state index in [4.69, 9.17) is 0 Å². The first-order chi connectivity index (χ1) is 7.11. The van der Waals surface area contributed by atoms with Crippen molar-refractivity contribution in [3.8, 4) is 0 Å². The maximum Gasteiger partial charge on any atom is 0.0664 e. The van der Waals surface area contributed by atoms with Crippen LogP contribution >= 0.6 is 11.5 Å². The summed E-state index contributed by atoms with van der Waals surface area (Å²) in [7, 11) is 0. The van der Waals surface area contributed by atoms with Crippen molar-refractivity contribution in [2.45, 2.75) is 39.5 Å². The molecule has 2 heterocycles. The quantitative estimate of drug-likeness (QED) is 0.766. The lowest BCUT2D eigenvalue weighted by Crippen LogP contribution is -1.96. The average molecular weight is 220 g/mol. The van der Waals surface area contributed by atoms with Gasteiger partial charge in [-0.3, -0.25) is 4.98 Å². The van der Waals surface area contributed by atoms with Gasteiger partial charge in [0, 0.05) is 11.6 Å². The van der Waals surface area contributed by atoms with E-state index in [1.165, 1.54) is 21.5 Å². The lowest BCUT2D eigenvalue weighted by Gasteiger charge is -2.08. The summed E-state index contributed by atoms with van der Waals surface area (Å²) in [6.45, 7) is 8.74. The van der Waals surface area contributed by atoms with Gasteiger partial charge in [0.15, 0.2) is 0 Å². The summed E-state index contributed by atoms with van der Waals surface area (Å²) in [4.78, 5) is 4.49. The van der Waals surface area contributed by atoms with Crippen molar-refractivity contribution in [2.24, 2.45) is 0 Å². The summed E-state index contributed by atoms with van der Waals surface area (Å²) in [5.41, 5.74) is 2.39. The number of fused-ring (bicyclic) bond motifs is 1. The predicted octanol–water partition coefficient (Wildman–Crippen LogP) is 3.94. The molecule has 0 radical (unpaired) electrons. The number of nitrogens with zero attached hydrogens (tertiary/aromatic N) is 2. The first-order valence-corrected chi connectivity index (χ1v) is 6.12. The molecule has 0 N–H and O–H groups in total. The Balaban J connectivity index is 2.75. The molecule has 2 aromatic rings. The maximum absolute atomic E-state index is 4.54. The van der Waals surface area contributed by atoms with Crippen molar-refractivity contribution >= 4 is 21.6 Å². The molecule has 0 saturated carbocycles. The lowest BCUT2D eigenvalue weighted by molar-refractivity contribution is 0.816. The third-order valence-corrected chi connectivity index (χ3v) is 3.36. The molecule has 0 fully saturated rings. The third kappa shape index (κ3) is 1.76. The Kier molecular flexibility index (Phi) is 2.74. The molecule has 0 aromatic carbocycles. The van der Waals surface area contributed by atoms with Gasteiger partial charge in [-0.15, -0.1) is 0 Å². The smallest absolute Gasteiger partial charge is 0.0664 e. The van der Waals surface area contributed by atoms with Gasteiger partial charge in [0.25, 0.3) is 0 Å². The van der Waals surface area contributed by atoms with Gasteiger partial charge in [0.2, 0.25) is 0 Å². The molecule has 0 aliphatic carbocycles. The first-order valence-electron chi connectivity index (χ1n) is 5.35. The molecular weight excluding hydrogens is 204 g/mol. The zero-order valence-corrected chi connectivity index (χ0v) is 10.4. The van der Waals surface area contributed by atoms with E-state index in [1.54, 1.807) is 11.5 Å². The van der Waals surface area contributed by atoms with Crippen LogP contribution in [0, 0.1) is 0 Å². The van der Waals surface area contributed by atoms with Crippen LogP contribution in [0.3, 0.4) is 0 Å². The van der Waals surface area contributed by atoms with Crippen molar-refractivity contribution in [2.75, 3.05) is 0 Å². The lowest BCUT2D eigenvalue weighted by atomic mass is 10.00. The Labute approximate surface area is 94.5 Å². The van der Waals surface area contributed by atoms with Crippen LogP contribution in [0.5, 0.6) is 0 Å². The molecular formula is C12H16N2S. The second-order valence-corrected chi connectivity index (χ2v) is 5.25. The average Bonchev–Trinajstić information content (AvgIpc) is 2.60. The molecule has 0 aliphatic rings. The van der Waals surface area contributed by atoms with Crippen LogP contribution in [0.25, 0.3) is 10.1 Å². The minimum absolute atomic E-state index is 0.461. The normalized spacial score (nSPS) is 11.9. The van der Waals surface area contributed by atoms with Gasteiger partial charge in [-0.2, -0.15) is 4.37 Å². The molecule has 0 bridgehead atoms. The van der Waals surface area contributed by atoms with Crippen molar-refractivity contribution in [3.63, 3.8) is 0 Å². The Morgan fingerprint density at radius 3 is 2.33 bits per heavy atom. The molecule has 0 saturated heterocycles. The van der Waals surface area contributed by atoms with E-state index in [0.717, 1.165) is 0 Å². The van der Waals surface area contributed by atoms with E-state index < -0.39 is 0 Å². The largest absolute Gasteiger partial charge is 0.260 e. The number of hydrogen-bond acceptors (Lipinski definition) is 3. The standard InChI is InChI=1S/C12H16N2S/c1-7(2)11-10-9(5-6-13-11)15-14-12(10)8(3)4/h5-8H,1-4H3. The molecule has 2 nitrogen and oxygen atoms in total. The Morgan fingerprint density at radius 2 is 1.73 bits per heavy atom. The fraction of sp³-hybridized carbons (Fsp3) is 0.500. The highest BCUT2D eigenvalue weighted by molar-refractivity contribution is 7.13. The summed E-state index contributed by atoms with van der Waals surface area (Å²) in [5, 5.41) is 1.28. The van der Waals surface area contributed by atoms with E-state index in [1.807, 2.05) is 6.20 Å². The van der Waals surface area contributed by atoms with Gasteiger partial charge in [0.1, 0.15) is 0 Å². The highest BCUT2D eigenvalue weighted by Gasteiger charge is 2.15. The number of rotatable bonds is 2. The molecule has 15 heavy (non-hydrogen) atoms. The second kappa shape index (κ2) is 3.89.